The summed E-state index contributed by atoms with van der Waals surface area (Å²) < 4.78 is 5.16. The maximum Gasteiger partial charge on any atom is 0.154 e. The Kier molecular flexibility index (Phi) is 4.07. The molecule has 100 valence electrons. The number of aromatic hydroxyl groups is 1. The van der Waals surface area contributed by atoms with Crippen molar-refractivity contribution < 1.29 is 9.84 Å². The van der Waals surface area contributed by atoms with Crippen LogP contribution >= 0.6 is 0 Å². The Morgan fingerprint density at radius 3 is 2.63 bits per heavy atom. The van der Waals surface area contributed by atoms with Gasteiger partial charge in [-0.15, -0.1) is 0 Å². The van der Waals surface area contributed by atoms with Crippen LogP contribution in [0, 0.1) is 0 Å². The first-order chi connectivity index (χ1) is 9.22. The molecule has 0 atom stereocenters. The number of phenolic OH excluding ortho intramolecular Hbond substituents is 1. The molecule has 1 heterocycles. The zero-order valence-corrected chi connectivity index (χ0v) is 11.0. The predicted molar refractivity (Wildman–Crippen MR) is 76.3 cm³/mol. The van der Waals surface area contributed by atoms with Crippen molar-refractivity contribution in [3.63, 3.8) is 0 Å². The van der Waals surface area contributed by atoms with Crippen LogP contribution in [0.2, 0.25) is 0 Å². The largest absolute Gasteiger partial charge is 0.508 e. The molecule has 0 saturated heterocycles. The van der Waals surface area contributed by atoms with Crippen molar-refractivity contribution >= 4 is 17.2 Å². The number of methoxy groups -OCH3 is 1. The van der Waals surface area contributed by atoms with Crippen LogP contribution in [0.5, 0.6) is 11.5 Å². The van der Waals surface area contributed by atoms with Crippen molar-refractivity contribution in [2.24, 2.45) is 0 Å². The van der Waals surface area contributed by atoms with Gasteiger partial charge < -0.3 is 20.5 Å². The summed E-state index contributed by atoms with van der Waals surface area (Å²) in [5.74, 6) is 1.65. The zero-order valence-electron chi connectivity index (χ0n) is 11.0. The molecule has 0 amide bonds. The van der Waals surface area contributed by atoms with Gasteiger partial charge in [0.2, 0.25) is 0 Å². The van der Waals surface area contributed by atoms with E-state index in [0.29, 0.717) is 11.6 Å². The molecule has 0 aliphatic heterocycles. The maximum atomic E-state index is 9.26. The molecule has 2 aromatic rings. The fourth-order valence-corrected chi connectivity index (χ4v) is 1.66. The first-order valence-electron chi connectivity index (χ1n) is 6.07. The highest BCUT2D eigenvalue weighted by Crippen LogP contribution is 2.27. The summed E-state index contributed by atoms with van der Waals surface area (Å²) in [5, 5.41) is 15.7. The molecule has 0 fully saturated rings. The first kappa shape index (κ1) is 13.0. The van der Waals surface area contributed by atoms with Crippen molar-refractivity contribution in [1.82, 2.24) is 4.98 Å². The summed E-state index contributed by atoms with van der Waals surface area (Å²) in [6.45, 7) is 2.81. The molecule has 0 saturated carbocycles. The van der Waals surface area contributed by atoms with Gasteiger partial charge in [0.1, 0.15) is 11.5 Å². The summed E-state index contributed by atoms with van der Waals surface area (Å²) >= 11 is 0. The third-order valence-electron chi connectivity index (χ3n) is 2.60. The number of hydrogen-bond donors (Lipinski definition) is 3. The van der Waals surface area contributed by atoms with Crippen LogP contribution in [0.25, 0.3) is 0 Å². The SMILES string of the molecule is CCNc1cc(OC)cnc1Nc1ccc(O)cc1. The molecule has 0 spiro atoms. The molecule has 19 heavy (non-hydrogen) atoms. The number of ether oxygens (including phenoxy) is 1. The van der Waals surface area contributed by atoms with E-state index in [2.05, 4.69) is 15.6 Å². The van der Waals surface area contributed by atoms with Gasteiger partial charge in [0, 0.05) is 18.3 Å². The molecule has 0 aliphatic carbocycles. The third-order valence-corrected chi connectivity index (χ3v) is 2.60. The molecule has 0 bridgehead atoms. The van der Waals surface area contributed by atoms with E-state index in [9.17, 15) is 5.11 Å². The first-order valence-corrected chi connectivity index (χ1v) is 6.07. The number of aromatic nitrogens is 1. The Morgan fingerprint density at radius 1 is 1.26 bits per heavy atom. The number of pyridine rings is 1. The third kappa shape index (κ3) is 3.28. The maximum absolute atomic E-state index is 9.26. The molecule has 5 nitrogen and oxygen atoms in total. The van der Waals surface area contributed by atoms with E-state index in [1.807, 2.05) is 13.0 Å². The van der Waals surface area contributed by atoms with Crippen LogP contribution in [0.3, 0.4) is 0 Å². The lowest BCUT2D eigenvalue weighted by Gasteiger charge is -2.13. The minimum atomic E-state index is 0.236. The molecule has 0 radical (unpaired) electrons. The van der Waals surface area contributed by atoms with Crippen LogP contribution in [0.4, 0.5) is 17.2 Å². The van der Waals surface area contributed by atoms with E-state index in [4.69, 9.17) is 4.74 Å². The summed E-state index contributed by atoms with van der Waals surface area (Å²) in [7, 11) is 1.61. The van der Waals surface area contributed by atoms with Gasteiger partial charge in [0.25, 0.3) is 0 Å². The highest BCUT2D eigenvalue weighted by atomic mass is 16.5. The second-order valence-corrected chi connectivity index (χ2v) is 3.97. The van der Waals surface area contributed by atoms with Gasteiger partial charge in [0.05, 0.1) is 19.0 Å². The topological polar surface area (TPSA) is 66.4 Å². The van der Waals surface area contributed by atoms with Crippen molar-refractivity contribution in [2.45, 2.75) is 6.92 Å². The number of benzene rings is 1. The van der Waals surface area contributed by atoms with E-state index in [1.165, 1.54) is 0 Å². The number of hydrogen-bond acceptors (Lipinski definition) is 5. The number of phenols is 1. The molecule has 0 unspecified atom stereocenters. The van der Waals surface area contributed by atoms with Crippen LogP contribution in [-0.4, -0.2) is 23.7 Å². The van der Waals surface area contributed by atoms with Crippen molar-refractivity contribution in [2.75, 3.05) is 24.3 Å². The Labute approximate surface area is 112 Å². The van der Waals surface area contributed by atoms with Crippen LogP contribution in [-0.2, 0) is 0 Å². The predicted octanol–water partition coefficient (Wildman–Crippen LogP) is 2.97. The lowest BCUT2D eigenvalue weighted by molar-refractivity contribution is 0.413. The van der Waals surface area contributed by atoms with E-state index < -0.39 is 0 Å². The average Bonchev–Trinajstić information content (AvgIpc) is 2.43. The number of rotatable bonds is 5. The minimum Gasteiger partial charge on any atom is -0.508 e. The van der Waals surface area contributed by atoms with Gasteiger partial charge >= 0.3 is 0 Å². The highest BCUT2D eigenvalue weighted by Gasteiger charge is 2.06. The molecular formula is C14H17N3O2. The molecule has 2 rings (SSSR count). The van der Waals surface area contributed by atoms with Gasteiger partial charge in [-0.3, -0.25) is 0 Å². The monoisotopic (exact) mass is 259 g/mol. The Bertz CT molecular complexity index is 541. The van der Waals surface area contributed by atoms with Crippen molar-refractivity contribution in [1.29, 1.82) is 0 Å². The van der Waals surface area contributed by atoms with E-state index in [0.717, 1.165) is 17.9 Å². The highest BCUT2D eigenvalue weighted by molar-refractivity contribution is 5.71. The van der Waals surface area contributed by atoms with Crippen LogP contribution in [0.15, 0.2) is 36.5 Å². The Morgan fingerprint density at radius 2 is 2.00 bits per heavy atom. The van der Waals surface area contributed by atoms with Crippen LogP contribution < -0.4 is 15.4 Å². The molecular weight excluding hydrogens is 242 g/mol. The molecule has 1 aromatic heterocycles. The normalized spacial score (nSPS) is 10.0. The molecule has 1 aromatic carbocycles. The fourth-order valence-electron chi connectivity index (χ4n) is 1.66. The Balaban J connectivity index is 2.25. The average molecular weight is 259 g/mol. The zero-order chi connectivity index (χ0) is 13.7. The second-order valence-electron chi connectivity index (χ2n) is 3.97. The lowest BCUT2D eigenvalue weighted by Crippen LogP contribution is -2.03. The van der Waals surface area contributed by atoms with Crippen molar-refractivity contribution in [3.05, 3.63) is 36.5 Å². The number of nitrogens with one attached hydrogen (secondary N) is 2. The van der Waals surface area contributed by atoms with Crippen molar-refractivity contribution in [3.8, 4) is 11.5 Å². The Hall–Kier alpha value is -2.43. The van der Waals surface area contributed by atoms with E-state index in [-0.39, 0.29) is 5.75 Å². The van der Waals surface area contributed by atoms with E-state index in [1.54, 1.807) is 37.6 Å². The lowest BCUT2D eigenvalue weighted by atomic mass is 10.3. The quantitative estimate of drug-likeness (QED) is 0.720. The summed E-state index contributed by atoms with van der Waals surface area (Å²) in [4.78, 5) is 4.32. The summed E-state index contributed by atoms with van der Waals surface area (Å²) in [5.41, 5.74) is 1.73. The van der Waals surface area contributed by atoms with Gasteiger partial charge in [-0.25, -0.2) is 4.98 Å². The molecule has 0 aliphatic rings. The van der Waals surface area contributed by atoms with Gasteiger partial charge in [0.15, 0.2) is 5.82 Å². The second kappa shape index (κ2) is 5.95. The standard InChI is InChI=1S/C14H17N3O2/c1-3-15-13-8-12(19-2)9-16-14(13)17-10-4-6-11(18)7-5-10/h4-9,15,18H,3H2,1-2H3,(H,16,17). The smallest absolute Gasteiger partial charge is 0.154 e. The van der Waals surface area contributed by atoms with Gasteiger partial charge in [-0.1, -0.05) is 0 Å². The summed E-state index contributed by atoms with van der Waals surface area (Å²) in [6, 6.07) is 8.71. The molecule has 3 N–H and O–H groups in total. The number of anilines is 3. The molecule has 5 heteroatoms. The minimum absolute atomic E-state index is 0.236. The van der Waals surface area contributed by atoms with Crippen LogP contribution in [0.1, 0.15) is 6.92 Å². The van der Waals surface area contributed by atoms with Gasteiger partial charge in [-0.05, 0) is 31.2 Å². The number of nitrogens with zero attached hydrogens (tertiary/aromatic N) is 1. The summed E-state index contributed by atoms with van der Waals surface area (Å²) in [6.07, 6.45) is 1.66. The fraction of sp³-hybridized carbons (Fsp3) is 0.214. The van der Waals surface area contributed by atoms with E-state index >= 15 is 0 Å². The van der Waals surface area contributed by atoms with Gasteiger partial charge in [-0.2, -0.15) is 0 Å².